The summed E-state index contributed by atoms with van der Waals surface area (Å²) in [5.41, 5.74) is 5.38. The minimum Gasteiger partial charge on any atom is -0.405 e. The summed E-state index contributed by atoms with van der Waals surface area (Å²) >= 11 is 3.02. The number of rotatable bonds is 4. The van der Waals surface area contributed by atoms with E-state index in [1.165, 1.54) is 12.1 Å². The molecule has 0 unspecified atom stereocenters. The Morgan fingerprint density at radius 1 is 1.15 bits per heavy atom. The summed E-state index contributed by atoms with van der Waals surface area (Å²) < 4.78 is 77.1. The van der Waals surface area contributed by atoms with Crippen molar-refractivity contribution in [1.82, 2.24) is 0 Å². The van der Waals surface area contributed by atoms with Crippen molar-refractivity contribution in [3.8, 4) is 5.75 Å². The minimum atomic E-state index is -4.94. The molecule has 1 atom stereocenters. The molecule has 114 valence electrons. The van der Waals surface area contributed by atoms with Crippen molar-refractivity contribution in [3.63, 3.8) is 0 Å². The zero-order valence-electron chi connectivity index (χ0n) is 9.85. The Morgan fingerprint density at radius 3 is 2.25 bits per heavy atom. The van der Waals surface area contributed by atoms with Crippen LogP contribution in [0.3, 0.4) is 0 Å². The molecule has 2 nitrogen and oxygen atoms in total. The average molecular weight is 366 g/mol. The molecule has 0 saturated carbocycles. The first kappa shape index (κ1) is 17.1. The quantitative estimate of drug-likeness (QED) is 0.785. The summed E-state index contributed by atoms with van der Waals surface area (Å²) in [5.74, 6) is -0.602. The molecule has 20 heavy (non-hydrogen) atoms. The van der Waals surface area contributed by atoms with Gasteiger partial charge in [0.2, 0.25) is 0 Å². The zero-order chi connectivity index (χ0) is 15.6. The van der Waals surface area contributed by atoms with Gasteiger partial charge in [-0.25, -0.2) is 0 Å². The fraction of sp³-hybridized carbons (Fsp3) is 0.455. The van der Waals surface area contributed by atoms with E-state index in [1.54, 1.807) is 0 Å². The normalized spacial score (nSPS) is 14.2. The second-order valence-corrected chi connectivity index (χ2v) is 4.91. The number of nitrogens with two attached hydrogens (primary N) is 1. The van der Waals surface area contributed by atoms with Crippen LogP contribution in [-0.4, -0.2) is 12.5 Å². The highest BCUT2D eigenvalue weighted by molar-refractivity contribution is 9.10. The molecule has 0 aliphatic heterocycles. The Labute approximate surface area is 119 Å². The van der Waals surface area contributed by atoms with Gasteiger partial charge in [-0.1, -0.05) is 15.9 Å². The summed E-state index contributed by atoms with van der Waals surface area (Å²) in [6.07, 6.45) is -11.1. The van der Waals surface area contributed by atoms with E-state index in [1.807, 2.05) is 0 Å². The molecular formula is C11H10BrF6NO. The maximum Gasteiger partial charge on any atom is 0.573 e. The van der Waals surface area contributed by atoms with Crippen molar-refractivity contribution < 1.29 is 31.1 Å². The number of ether oxygens (including phenoxy) is 1. The van der Waals surface area contributed by atoms with Crippen molar-refractivity contribution >= 4 is 15.9 Å². The molecule has 2 N–H and O–H groups in total. The van der Waals surface area contributed by atoms with E-state index in [0.29, 0.717) is 4.47 Å². The smallest absolute Gasteiger partial charge is 0.405 e. The van der Waals surface area contributed by atoms with Gasteiger partial charge in [0.05, 0.1) is 0 Å². The predicted molar refractivity (Wildman–Crippen MR) is 63.0 cm³/mol. The molecule has 0 fully saturated rings. The van der Waals surface area contributed by atoms with Crippen LogP contribution in [0.5, 0.6) is 5.75 Å². The fourth-order valence-corrected chi connectivity index (χ4v) is 1.88. The Hall–Kier alpha value is -0.960. The fourth-order valence-electron chi connectivity index (χ4n) is 1.50. The third kappa shape index (κ3) is 6.00. The summed E-state index contributed by atoms with van der Waals surface area (Å²) in [6.45, 7) is 0. The number of hydrogen-bond acceptors (Lipinski definition) is 2. The largest absolute Gasteiger partial charge is 0.573 e. The summed E-state index contributed by atoms with van der Waals surface area (Å²) in [4.78, 5) is 0. The highest BCUT2D eigenvalue weighted by Gasteiger charge is 2.33. The molecule has 1 aromatic carbocycles. The molecule has 9 heteroatoms. The van der Waals surface area contributed by atoms with E-state index in [2.05, 4.69) is 20.7 Å². The van der Waals surface area contributed by atoms with E-state index in [4.69, 9.17) is 5.73 Å². The Kier molecular flexibility index (Phi) is 5.31. The third-order valence-electron chi connectivity index (χ3n) is 2.34. The van der Waals surface area contributed by atoms with Gasteiger partial charge in [-0.05, 0) is 24.6 Å². The van der Waals surface area contributed by atoms with Crippen LogP contribution >= 0.6 is 15.9 Å². The second kappa shape index (κ2) is 6.21. The van der Waals surface area contributed by atoms with Gasteiger partial charge in [-0.3, -0.25) is 0 Å². The summed E-state index contributed by atoms with van der Waals surface area (Å²) in [7, 11) is 0. The van der Waals surface area contributed by atoms with Crippen LogP contribution in [0.1, 0.15) is 24.4 Å². The summed E-state index contributed by atoms with van der Waals surface area (Å²) in [5, 5.41) is 0. The third-order valence-corrected chi connectivity index (χ3v) is 2.83. The molecule has 0 bridgehead atoms. The van der Waals surface area contributed by atoms with Crippen molar-refractivity contribution in [3.05, 3.63) is 28.2 Å². The van der Waals surface area contributed by atoms with E-state index >= 15 is 0 Å². The second-order valence-electron chi connectivity index (χ2n) is 3.99. The lowest BCUT2D eigenvalue weighted by Gasteiger charge is -2.19. The monoisotopic (exact) mass is 365 g/mol. The van der Waals surface area contributed by atoms with Crippen molar-refractivity contribution in [2.24, 2.45) is 5.73 Å². The van der Waals surface area contributed by atoms with Gasteiger partial charge in [-0.15, -0.1) is 13.2 Å². The van der Waals surface area contributed by atoms with Gasteiger partial charge in [0, 0.05) is 22.5 Å². The average Bonchev–Trinajstić information content (AvgIpc) is 2.25. The van der Waals surface area contributed by atoms with Gasteiger partial charge < -0.3 is 10.5 Å². The van der Waals surface area contributed by atoms with E-state index < -0.39 is 37.2 Å². The number of alkyl halides is 6. The van der Waals surface area contributed by atoms with Crippen LogP contribution in [-0.2, 0) is 0 Å². The first-order chi connectivity index (χ1) is 8.98. The van der Waals surface area contributed by atoms with Gasteiger partial charge >= 0.3 is 12.5 Å². The lowest BCUT2D eigenvalue weighted by atomic mass is 10.0. The zero-order valence-corrected chi connectivity index (χ0v) is 11.4. The topological polar surface area (TPSA) is 35.2 Å². The Morgan fingerprint density at radius 2 is 1.75 bits per heavy atom. The maximum atomic E-state index is 12.2. The Balaban J connectivity index is 2.94. The van der Waals surface area contributed by atoms with E-state index in [-0.39, 0.29) is 5.56 Å². The molecule has 0 aliphatic carbocycles. The van der Waals surface area contributed by atoms with E-state index in [0.717, 1.165) is 6.07 Å². The number of halogens is 7. The molecule has 0 aliphatic rings. The predicted octanol–water partition coefficient (Wildman–Crippen LogP) is 4.69. The van der Waals surface area contributed by atoms with Crippen molar-refractivity contribution in [2.75, 3.05) is 0 Å². The minimum absolute atomic E-state index is 0.138. The van der Waals surface area contributed by atoms with Crippen LogP contribution in [0, 0.1) is 0 Å². The lowest BCUT2D eigenvalue weighted by Crippen LogP contribution is -2.21. The molecule has 0 aromatic heterocycles. The van der Waals surface area contributed by atoms with Crippen LogP contribution < -0.4 is 10.5 Å². The first-order valence-corrected chi connectivity index (χ1v) is 6.15. The molecule has 0 saturated heterocycles. The highest BCUT2D eigenvalue weighted by atomic mass is 79.9. The maximum absolute atomic E-state index is 12.2. The first-order valence-electron chi connectivity index (χ1n) is 5.35. The Bertz CT molecular complexity index is 459. The van der Waals surface area contributed by atoms with Gasteiger partial charge in [-0.2, -0.15) is 13.2 Å². The van der Waals surface area contributed by atoms with Crippen LogP contribution in [0.15, 0.2) is 22.7 Å². The molecule has 1 aromatic rings. The molecule has 1 rings (SSSR count). The highest BCUT2D eigenvalue weighted by Crippen LogP contribution is 2.35. The van der Waals surface area contributed by atoms with Gasteiger partial charge in [0.1, 0.15) is 5.75 Å². The SMILES string of the molecule is N[C@H](CCC(F)(F)F)c1cc(Br)ccc1OC(F)(F)F. The molecule has 0 amide bonds. The lowest BCUT2D eigenvalue weighted by molar-refractivity contribution is -0.275. The number of benzene rings is 1. The summed E-state index contributed by atoms with van der Waals surface area (Å²) in [6, 6.07) is 2.27. The molecule has 0 radical (unpaired) electrons. The molecular weight excluding hydrogens is 356 g/mol. The van der Waals surface area contributed by atoms with Crippen LogP contribution in [0.25, 0.3) is 0 Å². The number of hydrogen-bond donors (Lipinski definition) is 1. The van der Waals surface area contributed by atoms with Gasteiger partial charge in [0.25, 0.3) is 0 Å². The standard InChI is InChI=1S/C11H10BrF6NO/c12-6-1-2-9(20-11(16,17)18)7(5-6)8(19)3-4-10(13,14)15/h1-2,5,8H,3-4,19H2/t8-/m1/s1. The van der Waals surface area contributed by atoms with Gasteiger partial charge in [0.15, 0.2) is 0 Å². The molecule has 0 heterocycles. The molecule has 0 spiro atoms. The van der Waals surface area contributed by atoms with E-state index in [9.17, 15) is 26.3 Å². The van der Waals surface area contributed by atoms with Crippen molar-refractivity contribution in [1.29, 1.82) is 0 Å². The van der Waals surface area contributed by atoms with Crippen molar-refractivity contribution in [2.45, 2.75) is 31.4 Å². The van der Waals surface area contributed by atoms with Crippen LogP contribution in [0.4, 0.5) is 26.3 Å². The van der Waals surface area contributed by atoms with Crippen LogP contribution in [0.2, 0.25) is 0 Å².